The van der Waals surface area contributed by atoms with Crippen molar-refractivity contribution in [1.29, 1.82) is 0 Å². The second-order valence-electron chi connectivity index (χ2n) is 5.14. The fraction of sp³-hybridized carbons (Fsp3) is 0.529. The van der Waals surface area contributed by atoms with Crippen LogP contribution in [0.15, 0.2) is 24.3 Å². The van der Waals surface area contributed by atoms with Crippen molar-refractivity contribution in [3.05, 3.63) is 35.4 Å². The summed E-state index contributed by atoms with van der Waals surface area (Å²) in [5.41, 5.74) is 2.24. The van der Waals surface area contributed by atoms with Gasteiger partial charge in [-0.1, -0.05) is 37.6 Å². The van der Waals surface area contributed by atoms with Gasteiger partial charge >= 0.3 is 5.97 Å². The zero-order chi connectivity index (χ0) is 15.7. The van der Waals surface area contributed by atoms with Crippen LogP contribution < -0.4 is 5.32 Å². The van der Waals surface area contributed by atoms with Crippen molar-refractivity contribution in [1.82, 2.24) is 5.32 Å². The molecule has 1 aromatic rings. The maximum atomic E-state index is 11.9. The molecule has 0 saturated heterocycles. The molecule has 1 aromatic carbocycles. The van der Waals surface area contributed by atoms with Gasteiger partial charge in [0.05, 0.1) is 13.0 Å². The SMILES string of the molecule is CCCCc1ccc(CC(=O)NC(C)C(=O)OCC)cc1. The van der Waals surface area contributed by atoms with E-state index in [9.17, 15) is 9.59 Å². The third kappa shape index (κ3) is 6.43. The number of nitrogens with one attached hydrogen (secondary N) is 1. The fourth-order valence-electron chi connectivity index (χ4n) is 2.01. The number of hydrogen-bond acceptors (Lipinski definition) is 3. The van der Waals surface area contributed by atoms with Gasteiger partial charge in [0, 0.05) is 0 Å². The quantitative estimate of drug-likeness (QED) is 0.749. The average molecular weight is 291 g/mol. The zero-order valence-electron chi connectivity index (χ0n) is 13.1. The molecule has 4 nitrogen and oxygen atoms in total. The van der Waals surface area contributed by atoms with Crippen LogP contribution in [0.4, 0.5) is 0 Å². The van der Waals surface area contributed by atoms with Crippen LogP contribution in [0, 0.1) is 0 Å². The Bertz CT molecular complexity index is 454. The molecule has 0 fully saturated rings. The standard InChI is InChI=1S/C17H25NO3/c1-4-6-7-14-8-10-15(11-9-14)12-16(19)18-13(3)17(20)21-5-2/h8-11,13H,4-7,12H2,1-3H3,(H,18,19). The third-order valence-electron chi connectivity index (χ3n) is 3.22. The molecule has 0 aliphatic rings. The van der Waals surface area contributed by atoms with Gasteiger partial charge in [-0.25, -0.2) is 4.79 Å². The summed E-state index contributed by atoms with van der Waals surface area (Å²) in [6.45, 7) is 5.86. The van der Waals surface area contributed by atoms with Crippen molar-refractivity contribution >= 4 is 11.9 Å². The number of carbonyl (C=O) groups is 2. The van der Waals surface area contributed by atoms with Crippen molar-refractivity contribution in [2.45, 2.75) is 52.5 Å². The number of rotatable bonds is 8. The minimum absolute atomic E-state index is 0.170. The van der Waals surface area contributed by atoms with E-state index in [2.05, 4.69) is 24.4 Å². The van der Waals surface area contributed by atoms with Gasteiger partial charge in [0.15, 0.2) is 0 Å². The average Bonchev–Trinajstić information content (AvgIpc) is 2.46. The number of benzene rings is 1. The smallest absolute Gasteiger partial charge is 0.328 e. The highest BCUT2D eigenvalue weighted by Crippen LogP contribution is 2.08. The molecule has 1 atom stereocenters. The van der Waals surface area contributed by atoms with Gasteiger partial charge < -0.3 is 10.1 Å². The summed E-state index contributed by atoms with van der Waals surface area (Å²) >= 11 is 0. The normalized spacial score (nSPS) is 11.8. The lowest BCUT2D eigenvalue weighted by molar-refractivity contribution is -0.146. The first-order valence-electron chi connectivity index (χ1n) is 7.60. The van der Waals surface area contributed by atoms with E-state index in [0.29, 0.717) is 6.61 Å². The highest BCUT2D eigenvalue weighted by molar-refractivity contribution is 5.85. The van der Waals surface area contributed by atoms with Gasteiger partial charge in [0.1, 0.15) is 6.04 Å². The Kier molecular flexibility index (Phi) is 7.51. The second kappa shape index (κ2) is 9.16. The molecule has 4 heteroatoms. The molecule has 116 valence electrons. The monoisotopic (exact) mass is 291 g/mol. The molecular formula is C17H25NO3. The summed E-state index contributed by atoms with van der Waals surface area (Å²) in [4.78, 5) is 23.3. The van der Waals surface area contributed by atoms with Crippen LogP contribution in [0.5, 0.6) is 0 Å². The number of unbranched alkanes of at least 4 members (excludes halogenated alkanes) is 1. The van der Waals surface area contributed by atoms with E-state index < -0.39 is 12.0 Å². The van der Waals surface area contributed by atoms with Crippen LogP contribution in [-0.2, 0) is 27.2 Å². The maximum absolute atomic E-state index is 11.9. The van der Waals surface area contributed by atoms with E-state index in [1.165, 1.54) is 18.4 Å². The van der Waals surface area contributed by atoms with Gasteiger partial charge in [-0.3, -0.25) is 4.79 Å². The summed E-state index contributed by atoms with van der Waals surface area (Å²) in [5, 5.41) is 2.65. The van der Waals surface area contributed by atoms with Crippen LogP contribution in [0.2, 0.25) is 0 Å². The number of hydrogen-bond donors (Lipinski definition) is 1. The van der Waals surface area contributed by atoms with Gasteiger partial charge in [0.2, 0.25) is 5.91 Å². The lowest BCUT2D eigenvalue weighted by Crippen LogP contribution is -2.40. The molecule has 0 aliphatic carbocycles. The number of amides is 1. The van der Waals surface area contributed by atoms with Gasteiger partial charge in [0.25, 0.3) is 0 Å². The van der Waals surface area contributed by atoms with E-state index in [4.69, 9.17) is 4.74 Å². The lowest BCUT2D eigenvalue weighted by atomic mass is 10.0. The van der Waals surface area contributed by atoms with Gasteiger partial charge in [-0.2, -0.15) is 0 Å². The Balaban J connectivity index is 2.45. The van der Waals surface area contributed by atoms with E-state index in [0.717, 1.165) is 12.0 Å². The first kappa shape index (κ1) is 17.2. The summed E-state index contributed by atoms with van der Waals surface area (Å²) in [5.74, 6) is -0.572. The first-order chi connectivity index (χ1) is 10.1. The lowest BCUT2D eigenvalue weighted by Gasteiger charge is -2.12. The number of aryl methyl sites for hydroxylation is 1. The maximum Gasteiger partial charge on any atom is 0.328 e. The number of esters is 1. The van der Waals surface area contributed by atoms with Crippen molar-refractivity contribution in [3.63, 3.8) is 0 Å². The van der Waals surface area contributed by atoms with Crippen molar-refractivity contribution in [2.75, 3.05) is 6.61 Å². The Morgan fingerprint density at radius 3 is 2.33 bits per heavy atom. The summed E-state index contributed by atoms with van der Waals surface area (Å²) in [6.07, 6.45) is 3.70. The Hall–Kier alpha value is -1.84. The largest absolute Gasteiger partial charge is 0.464 e. The van der Waals surface area contributed by atoms with Crippen LogP contribution in [0.3, 0.4) is 0 Å². The molecule has 1 N–H and O–H groups in total. The molecule has 0 heterocycles. The van der Waals surface area contributed by atoms with Crippen LogP contribution in [0.1, 0.15) is 44.7 Å². The minimum Gasteiger partial charge on any atom is -0.464 e. The third-order valence-corrected chi connectivity index (χ3v) is 3.22. The van der Waals surface area contributed by atoms with Crippen LogP contribution in [-0.4, -0.2) is 24.5 Å². The molecule has 0 bridgehead atoms. The van der Waals surface area contributed by atoms with Crippen molar-refractivity contribution in [2.24, 2.45) is 0 Å². The van der Waals surface area contributed by atoms with Crippen LogP contribution in [0.25, 0.3) is 0 Å². The number of carbonyl (C=O) groups excluding carboxylic acids is 2. The molecule has 0 aliphatic heterocycles. The van der Waals surface area contributed by atoms with E-state index >= 15 is 0 Å². The molecular weight excluding hydrogens is 266 g/mol. The zero-order valence-corrected chi connectivity index (χ0v) is 13.1. The topological polar surface area (TPSA) is 55.4 Å². The Morgan fingerprint density at radius 1 is 1.14 bits per heavy atom. The predicted molar refractivity (Wildman–Crippen MR) is 83.0 cm³/mol. The van der Waals surface area contributed by atoms with Crippen LogP contribution >= 0.6 is 0 Å². The highest BCUT2D eigenvalue weighted by Gasteiger charge is 2.16. The highest BCUT2D eigenvalue weighted by atomic mass is 16.5. The van der Waals surface area contributed by atoms with E-state index in [-0.39, 0.29) is 12.3 Å². The fourth-order valence-corrected chi connectivity index (χ4v) is 2.01. The number of ether oxygens (including phenoxy) is 1. The summed E-state index contributed by atoms with van der Waals surface area (Å²) < 4.78 is 4.85. The van der Waals surface area contributed by atoms with Crippen molar-refractivity contribution in [3.8, 4) is 0 Å². The van der Waals surface area contributed by atoms with Gasteiger partial charge in [-0.05, 0) is 37.8 Å². The molecule has 0 radical (unpaired) electrons. The molecule has 1 unspecified atom stereocenters. The van der Waals surface area contributed by atoms with Gasteiger partial charge in [-0.15, -0.1) is 0 Å². The molecule has 0 aromatic heterocycles. The summed E-state index contributed by atoms with van der Waals surface area (Å²) in [7, 11) is 0. The summed E-state index contributed by atoms with van der Waals surface area (Å²) in [6, 6.07) is 7.46. The van der Waals surface area contributed by atoms with Crippen molar-refractivity contribution < 1.29 is 14.3 Å². The second-order valence-corrected chi connectivity index (χ2v) is 5.14. The molecule has 1 rings (SSSR count). The molecule has 0 saturated carbocycles. The van der Waals surface area contributed by atoms with E-state index in [1.807, 2.05) is 12.1 Å². The minimum atomic E-state index is -0.610. The molecule has 1 amide bonds. The predicted octanol–water partition coefficient (Wildman–Crippen LogP) is 2.64. The van der Waals surface area contributed by atoms with E-state index in [1.54, 1.807) is 13.8 Å². The molecule has 21 heavy (non-hydrogen) atoms. The Labute approximate surface area is 126 Å². The first-order valence-corrected chi connectivity index (χ1v) is 7.60. The Morgan fingerprint density at radius 2 is 1.76 bits per heavy atom. The molecule has 0 spiro atoms.